The third-order valence-corrected chi connectivity index (χ3v) is 4.36. The fraction of sp³-hybridized carbons (Fsp3) is 0.455. The molecular weight excluding hydrogens is 299 g/mol. The van der Waals surface area contributed by atoms with Crippen molar-refractivity contribution in [3.05, 3.63) is 24.3 Å². The van der Waals surface area contributed by atoms with Gasteiger partial charge in [0.1, 0.15) is 10.6 Å². The van der Waals surface area contributed by atoms with E-state index >= 15 is 0 Å². The molecule has 1 saturated carbocycles. The maximum atomic E-state index is 12.2. The average Bonchev–Trinajstić information content (AvgIpc) is 2.25. The van der Waals surface area contributed by atoms with Gasteiger partial charge in [-0.15, -0.1) is 13.2 Å². The van der Waals surface area contributed by atoms with E-state index in [0.717, 1.165) is 12.1 Å². The summed E-state index contributed by atoms with van der Waals surface area (Å²) in [6.07, 6.45) is -5.08. The molecule has 0 bridgehead atoms. The number of benzene rings is 1. The van der Waals surface area contributed by atoms with Gasteiger partial charge in [0.05, 0.1) is 6.10 Å². The Morgan fingerprint density at radius 3 is 2.40 bits per heavy atom. The lowest BCUT2D eigenvalue weighted by atomic mass is 9.91. The molecule has 0 spiro atoms. The summed E-state index contributed by atoms with van der Waals surface area (Å²) in [6.45, 7) is 0. The number of aliphatic hydroxyl groups is 1. The molecule has 0 saturated heterocycles. The summed E-state index contributed by atoms with van der Waals surface area (Å²) in [5.74, 6) is -0.785. The molecule has 2 rings (SSSR count). The SMILES string of the molecule is O=S(=O)(NC1CC(O)C1)c1ccccc1OC(F)(F)F. The van der Waals surface area contributed by atoms with E-state index in [-0.39, 0.29) is 12.8 Å². The second-order valence-corrected chi connectivity index (χ2v) is 6.12. The van der Waals surface area contributed by atoms with Gasteiger partial charge in [-0.3, -0.25) is 0 Å². The van der Waals surface area contributed by atoms with Crippen molar-refractivity contribution >= 4 is 10.0 Å². The first-order chi connectivity index (χ1) is 9.17. The number of hydrogen-bond acceptors (Lipinski definition) is 4. The van der Waals surface area contributed by atoms with E-state index in [0.29, 0.717) is 0 Å². The number of nitrogens with one attached hydrogen (secondary N) is 1. The number of alkyl halides is 3. The fourth-order valence-electron chi connectivity index (χ4n) is 1.85. The molecule has 1 aromatic carbocycles. The van der Waals surface area contributed by atoms with E-state index in [1.165, 1.54) is 12.1 Å². The zero-order valence-electron chi connectivity index (χ0n) is 10.1. The first-order valence-corrected chi connectivity index (χ1v) is 7.21. The Balaban J connectivity index is 2.22. The van der Waals surface area contributed by atoms with Crippen molar-refractivity contribution in [1.29, 1.82) is 0 Å². The van der Waals surface area contributed by atoms with Crippen LogP contribution >= 0.6 is 0 Å². The summed E-state index contributed by atoms with van der Waals surface area (Å²) in [6, 6.07) is 4.02. The van der Waals surface area contributed by atoms with E-state index in [9.17, 15) is 21.6 Å². The predicted molar refractivity (Wildman–Crippen MR) is 62.5 cm³/mol. The Morgan fingerprint density at radius 1 is 1.25 bits per heavy atom. The fourth-order valence-corrected chi connectivity index (χ4v) is 3.24. The standard InChI is InChI=1S/C11H12F3NO4S/c12-11(13,14)19-9-3-1-2-4-10(9)20(17,18)15-7-5-8(16)6-7/h1-4,7-8,15-16H,5-6H2. The van der Waals surface area contributed by atoms with Crippen LogP contribution in [0.4, 0.5) is 13.2 Å². The van der Waals surface area contributed by atoms with Crippen LogP contribution in [0.1, 0.15) is 12.8 Å². The molecule has 0 aromatic heterocycles. The molecule has 1 fully saturated rings. The predicted octanol–water partition coefficient (Wildman–Crippen LogP) is 1.39. The monoisotopic (exact) mass is 311 g/mol. The minimum atomic E-state index is -4.97. The Bertz CT molecular complexity index is 582. The third kappa shape index (κ3) is 3.62. The second-order valence-electron chi connectivity index (χ2n) is 4.44. The topological polar surface area (TPSA) is 75.6 Å². The Kier molecular flexibility index (Phi) is 3.94. The zero-order valence-corrected chi connectivity index (χ0v) is 10.9. The quantitative estimate of drug-likeness (QED) is 0.881. The number of para-hydroxylation sites is 1. The summed E-state index contributed by atoms with van der Waals surface area (Å²) in [7, 11) is -4.13. The molecule has 2 N–H and O–H groups in total. The molecule has 0 aliphatic heterocycles. The zero-order chi connectivity index (χ0) is 15.0. The summed E-state index contributed by atoms with van der Waals surface area (Å²) in [4.78, 5) is -0.585. The highest BCUT2D eigenvalue weighted by Gasteiger charge is 2.36. The van der Waals surface area contributed by atoms with Gasteiger partial charge >= 0.3 is 6.36 Å². The van der Waals surface area contributed by atoms with Crippen molar-refractivity contribution in [2.24, 2.45) is 0 Å². The number of ether oxygens (including phenoxy) is 1. The third-order valence-electron chi connectivity index (χ3n) is 2.80. The van der Waals surface area contributed by atoms with Crippen molar-refractivity contribution in [1.82, 2.24) is 4.72 Å². The molecule has 1 aromatic rings. The highest BCUT2D eigenvalue weighted by molar-refractivity contribution is 7.89. The second kappa shape index (κ2) is 5.23. The first-order valence-electron chi connectivity index (χ1n) is 5.72. The summed E-state index contributed by atoms with van der Waals surface area (Å²) in [5.41, 5.74) is 0. The van der Waals surface area contributed by atoms with Gasteiger partial charge in [-0.1, -0.05) is 12.1 Å². The smallest absolute Gasteiger partial charge is 0.404 e. The van der Waals surface area contributed by atoms with E-state index in [1.54, 1.807) is 0 Å². The van der Waals surface area contributed by atoms with Crippen LogP contribution in [0.15, 0.2) is 29.2 Å². The van der Waals surface area contributed by atoms with Gasteiger partial charge in [0.15, 0.2) is 0 Å². The lowest BCUT2D eigenvalue weighted by molar-refractivity contribution is -0.275. The molecule has 0 heterocycles. The normalized spacial score (nSPS) is 23.2. The first kappa shape index (κ1) is 15.1. The Labute approximate surface area is 113 Å². The van der Waals surface area contributed by atoms with Crippen molar-refractivity contribution in [2.45, 2.75) is 36.2 Å². The van der Waals surface area contributed by atoms with Crippen molar-refractivity contribution in [3.8, 4) is 5.75 Å². The minimum absolute atomic E-state index is 0.238. The van der Waals surface area contributed by atoms with Crippen molar-refractivity contribution < 1.29 is 31.4 Å². The summed E-state index contributed by atoms with van der Waals surface area (Å²) >= 11 is 0. The molecule has 0 radical (unpaired) electrons. The Morgan fingerprint density at radius 2 is 1.85 bits per heavy atom. The van der Waals surface area contributed by atoms with Gasteiger partial charge in [-0.05, 0) is 25.0 Å². The van der Waals surface area contributed by atoms with Crippen LogP contribution in [0.5, 0.6) is 5.75 Å². The lowest BCUT2D eigenvalue weighted by Gasteiger charge is -2.31. The van der Waals surface area contributed by atoms with Crippen molar-refractivity contribution in [3.63, 3.8) is 0 Å². The van der Waals surface area contributed by atoms with Crippen LogP contribution in [0.2, 0.25) is 0 Å². The molecule has 20 heavy (non-hydrogen) atoms. The highest BCUT2D eigenvalue weighted by Crippen LogP contribution is 2.30. The number of halogens is 3. The van der Waals surface area contributed by atoms with E-state index in [4.69, 9.17) is 5.11 Å². The van der Waals surface area contributed by atoms with Gasteiger partial charge in [0.25, 0.3) is 0 Å². The maximum Gasteiger partial charge on any atom is 0.573 e. The number of sulfonamides is 1. The molecule has 0 atom stereocenters. The molecule has 0 unspecified atom stereocenters. The number of hydrogen-bond donors (Lipinski definition) is 2. The lowest BCUT2D eigenvalue weighted by Crippen LogP contribution is -2.46. The number of aliphatic hydroxyl groups excluding tert-OH is 1. The van der Waals surface area contributed by atoms with Gasteiger partial charge < -0.3 is 9.84 Å². The van der Waals surface area contributed by atoms with Crippen molar-refractivity contribution in [2.75, 3.05) is 0 Å². The molecule has 1 aliphatic carbocycles. The van der Waals surface area contributed by atoms with E-state index < -0.39 is 39.2 Å². The van der Waals surface area contributed by atoms with Gasteiger partial charge in [0, 0.05) is 6.04 Å². The van der Waals surface area contributed by atoms with Crippen LogP contribution < -0.4 is 9.46 Å². The number of rotatable bonds is 4. The molecule has 5 nitrogen and oxygen atoms in total. The van der Waals surface area contributed by atoms with Crippen LogP contribution in [-0.2, 0) is 10.0 Å². The van der Waals surface area contributed by atoms with Crippen LogP contribution in [0.3, 0.4) is 0 Å². The molecule has 9 heteroatoms. The molecule has 112 valence electrons. The maximum absolute atomic E-state index is 12.2. The van der Waals surface area contributed by atoms with Gasteiger partial charge in [0.2, 0.25) is 10.0 Å². The molecule has 1 aliphatic rings. The minimum Gasteiger partial charge on any atom is -0.404 e. The van der Waals surface area contributed by atoms with Crippen LogP contribution in [0.25, 0.3) is 0 Å². The van der Waals surface area contributed by atoms with Crippen LogP contribution in [-0.4, -0.2) is 32.0 Å². The summed E-state index contributed by atoms with van der Waals surface area (Å²) < 4.78 is 66.6. The molecule has 0 amide bonds. The highest BCUT2D eigenvalue weighted by atomic mass is 32.2. The Hall–Kier alpha value is -1.32. The van der Waals surface area contributed by atoms with E-state index in [1.807, 2.05) is 0 Å². The largest absolute Gasteiger partial charge is 0.573 e. The van der Waals surface area contributed by atoms with Crippen LogP contribution in [0, 0.1) is 0 Å². The van der Waals surface area contributed by atoms with Gasteiger partial charge in [-0.25, -0.2) is 13.1 Å². The average molecular weight is 311 g/mol. The van der Waals surface area contributed by atoms with E-state index in [2.05, 4.69) is 9.46 Å². The molecular formula is C11H12F3NO4S. The summed E-state index contributed by atoms with van der Waals surface area (Å²) in [5, 5.41) is 9.08. The van der Waals surface area contributed by atoms with Gasteiger partial charge in [-0.2, -0.15) is 0 Å².